The van der Waals surface area contributed by atoms with Crippen molar-refractivity contribution in [2.24, 2.45) is 0 Å². The quantitative estimate of drug-likeness (QED) is 0.307. The fourth-order valence-electron chi connectivity index (χ4n) is 3.96. The molecule has 1 atom stereocenters. The minimum Gasteiger partial charge on any atom is -0.354 e. The minimum absolute atomic E-state index is 0.00698. The molecular weight excluding hydrogens is 578 g/mol. The number of hydrogen-bond donors (Lipinski definition) is 1. The number of sulfonamides is 1. The Labute approximate surface area is 237 Å². The van der Waals surface area contributed by atoms with E-state index >= 15 is 0 Å². The smallest absolute Gasteiger partial charge is 0.354 e. The van der Waals surface area contributed by atoms with Gasteiger partial charge in [0.05, 0.1) is 27.6 Å². The number of carbonyl (C=O) groups excluding carboxylic acids is 2. The zero-order valence-corrected chi connectivity index (χ0v) is 24.2. The summed E-state index contributed by atoms with van der Waals surface area (Å²) in [7, 11) is -3.95. The molecule has 0 saturated carbocycles. The van der Waals surface area contributed by atoms with Gasteiger partial charge in [0.25, 0.3) is 0 Å². The Kier molecular flexibility index (Phi) is 11.9. The maximum atomic E-state index is 13.4. The third-order valence-corrected chi connectivity index (χ3v) is 7.82. The average Bonchev–Trinajstić information content (AvgIpc) is 2.86. The normalized spacial score (nSPS) is 12.6. The first-order valence-corrected chi connectivity index (χ1v) is 15.0. The van der Waals surface area contributed by atoms with E-state index in [0.717, 1.165) is 28.8 Å². The van der Waals surface area contributed by atoms with E-state index in [1.165, 1.54) is 11.0 Å². The van der Waals surface area contributed by atoms with Gasteiger partial charge in [0.1, 0.15) is 6.04 Å². The largest absolute Gasteiger partial charge is 0.416 e. The number of nitrogens with one attached hydrogen (secondary N) is 1. The van der Waals surface area contributed by atoms with E-state index in [-0.39, 0.29) is 42.5 Å². The van der Waals surface area contributed by atoms with Gasteiger partial charge in [0.15, 0.2) is 0 Å². The molecule has 2 amide bonds. The predicted octanol–water partition coefficient (Wildman–Crippen LogP) is 5.89. The average molecular weight is 611 g/mol. The first kappa shape index (κ1) is 32.7. The molecule has 0 unspecified atom stereocenters. The summed E-state index contributed by atoms with van der Waals surface area (Å²) in [6, 6.07) is 8.06. The molecule has 0 aromatic heterocycles. The Morgan fingerprint density at radius 2 is 1.74 bits per heavy atom. The van der Waals surface area contributed by atoms with Gasteiger partial charge in [0.2, 0.25) is 21.8 Å². The number of anilines is 1. The molecule has 216 valence electrons. The van der Waals surface area contributed by atoms with Crippen molar-refractivity contribution in [1.29, 1.82) is 0 Å². The molecular formula is C26H32Cl2F3N3O4S. The third-order valence-electron chi connectivity index (χ3n) is 5.89. The van der Waals surface area contributed by atoms with E-state index in [1.807, 2.05) is 6.92 Å². The number of halogens is 5. The maximum absolute atomic E-state index is 13.4. The zero-order valence-electron chi connectivity index (χ0n) is 21.9. The van der Waals surface area contributed by atoms with Crippen LogP contribution >= 0.6 is 23.2 Å². The van der Waals surface area contributed by atoms with Gasteiger partial charge in [-0.2, -0.15) is 13.2 Å². The van der Waals surface area contributed by atoms with Crippen molar-refractivity contribution < 1.29 is 31.2 Å². The van der Waals surface area contributed by atoms with E-state index in [4.69, 9.17) is 23.2 Å². The van der Waals surface area contributed by atoms with Gasteiger partial charge in [-0.3, -0.25) is 13.9 Å². The number of nitrogens with zero attached hydrogens (tertiary/aromatic N) is 2. The van der Waals surface area contributed by atoms with Gasteiger partial charge in [-0.15, -0.1) is 0 Å². The van der Waals surface area contributed by atoms with Gasteiger partial charge in [-0.25, -0.2) is 8.42 Å². The van der Waals surface area contributed by atoms with Crippen LogP contribution in [-0.4, -0.2) is 50.5 Å². The molecule has 0 saturated heterocycles. The number of rotatable bonds is 13. The molecule has 0 heterocycles. The highest BCUT2D eigenvalue weighted by atomic mass is 35.5. The molecule has 0 radical (unpaired) electrons. The molecule has 1 N–H and O–H groups in total. The first-order valence-electron chi connectivity index (χ1n) is 12.3. The molecule has 39 heavy (non-hydrogen) atoms. The minimum atomic E-state index is -4.65. The van der Waals surface area contributed by atoms with Crippen LogP contribution in [0.25, 0.3) is 0 Å². The van der Waals surface area contributed by atoms with Gasteiger partial charge in [-0.05, 0) is 55.2 Å². The van der Waals surface area contributed by atoms with E-state index < -0.39 is 33.7 Å². The van der Waals surface area contributed by atoms with Crippen LogP contribution in [-0.2, 0) is 32.3 Å². The second kappa shape index (κ2) is 14.2. The summed E-state index contributed by atoms with van der Waals surface area (Å²) in [5.41, 5.74) is -0.500. The van der Waals surface area contributed by atoms with Gasteiger partial charge in [0, 0.05) is 26.1 Å². The Bertz CT molecular complexity index is 1260. The summed E-state index contributed by atoms with van der Waals surface area (Å²) < 4.78 is 65.2. The topological polar surface area (TPSA) is 86.8 Å². The van der Waals surface area contributed by atoms with Crippen molar-refractivity contribution >= 4 is 50.7 Å². The van der Waals surface area contributed by atoms with Crippen LogP contribution in [0.3, 0.4) is 0 Å². The number of hydrogen-bond acceptors (Lipinski definition) is 4. The van der Waals surface area contributed by atoms with E-state index in [2.05, 4.69) is 5.32 Å². The van der Waals surface area contributed by atoms with Crippen molar-refractivity contribution in [3.63, 3.8) is 0 Å². The lowest BCUT2D eigenvalue weighted by atomic mass is 10.1. The first-order chi connectivity index (χ1) is 18.2. The highest BCUT2D eigenvalue weighted by Crippen LogP contribution is 2.32. The second-order valence-corrected chi connectivity index (χ2v) is 11.7. The lowest BCUT2D eigenvalue weighted by Crippen LogP contribution is -2.49. The Morgan fingerprint density at radius 1 is 1.05 bits per heavy atom. The number of benzene rings is 2. The van der Waals surface area contributed by atoms with Crippen LogP contribution < -0.4 is 9.62 Å². The maximum Gasteiger partial charge on any atom is 0.416 e. The van der Waals surface area contributed by atoms with Crippen LogP contribution in [0.4, 0.5) is 18.9 Å². The SMILES string of the molecule is CCCNC(=O)[C@H](CC)N(Cc1ccc(Cl)c(Cl)c1)C(=O)CCCN(c1cccc(C(F)(F)F)c1)S(C)(=O)=O. The van der Waals surface area contributed by atoms with Crippen LogP contribution in [0.5, 0.6) is 0 Å². The van der Waals surface area contributed by atoms with Crippen molar-refractivity contribution in [2.45, 2.75) is 58.3 Å². The van der Waals surface area contributed by atoms with Crippen LogP contribution in [0, 0.1) is 0 Å². The molecule has 0 bridgehead atoms. The molecule has 0 aliphatic rings. The summed E-state index contributed by atoms with van der Waals surface area (Å²) in [5, 5.41) is 3.42. The molecule has 2 aromatic rings. The number of amides is 2. The fourth-order valence-corrected chi connectivity index (χ4v) is 5.24. The van der Waals surface area contributed by atoms with Gasteiger partial charge >= 0.3 is 6.18 Å². The molecule has 0 fully saturated rings. The van der Waals surface area contributed by atoms with Crippen molar-refractivity contribution in [2.75, 3.05) is 23.7 Å². The molecule has 2 rings (SSSR count). The summed E-state index contributed by atoms with van der Waals surface area (Å²) in [6.07, 6.45) is -2.87. The van der Waals surface area contributed by atoms with E-state index in [9.17, 15) is 31.2 Å². The van der Waals surface area contributed by atoms with Crippen LogP contribution in [0.2, 0.25) is 10.0 Å². The van der Waals surface area contributed by atoms with Crippen LogP contribution in [0.1, 0.15) is 50.7 Å². The Morgan fingerprint density at radius 3 is 2.31 bits per heavy atom. The van der Waals surface area contributed by atoms with E-state index in [0.29, 0.717) is 30.0 Å². The second-order valence-electron chi connectivity index (χ2n) is 8.97. The summed E-state index contributed by atoms with van der Waals surface area (Å²) in [5.74, 6) is -0.744. The fraction of sp³-hybridized carbons (Fsp3) is 0.462. The number of carbonyl (C=O) groups is 2. The lowest BCUT2D eigenvalue weighted by Gasteiger charge is -2.31. The number of alkyl halides is 3. The summed E-state index contributed by atoms with van der Waals surface area (Å²) >= 11 is 12.1. The molecule has 0 aliphatic carbocycles. The molecule has 7 nitrogen and oxygen atoms in total. The lowest BCUT2D eigenvalue weighted by molar-refractivity contribution is -0.141. The van der Waals surface area contributed by atoms with Crippen molar-refractivity contribution in [3.05, 3.63) is 63.6 Å². The Balaban J connectivity index is 2.27. The monoisotopic (exact) mass is 609 g/mol. The zero-order chi connectivity index (χ0) is 29.4. The Hall–Kier alpha value is -2.50. The van der Waals surface area contributed by atoms with Crippen LogP contribution in [0.15, 0.2) is 42.5 Å². The highest BCUT2D eigenvalue weighted by molar-refractivity contribution is 7.92. The molecule has 2 aromatic carbocycles. The predicted molar refractivity (Wildman–Crippen MR) is 147 cm³/mol. The van der Waals surface area contributed by atoms with Crippen molar-refractivity contribution in [3.8, 4) is 0 Å². The third kappa shape index (κ3) is 9.58. The van der Waals surface area contributed by atoms with Gasteiger partial charge in [-0.1, -0.05) is 49.2 Å². The van der Waals surface area contributed by atoms with Gasteiger partial charge < -0.3 is 10.2 Å². The molecule has 13 heteroatoms. The summed E-state index contributed by atoms with van der Waals surface area (Å²) in [6.45, 7) is 3.93. The molecule has 0 aliphatic heterocycles. The molecule has 0 spiro atoms. The summed E-state index contributed by atoms with van der Waals surface area (Å²) in [4.78, 5) is 27.7. The highest BCUT2D eigenvalue weighted by Gasteiger charge is 2.32. The van der Waals surface area contributed by atoms with Crippen molar-refractivity contribution in [1.82, 2.24) is 10.2 Å². The van der Waals surface area contributed by atoms with E-state index in [1.54, 1.807) is 25.1 Å². The standard InChI is InChI=1S/C26H32Cl2F3N3O4S/c1-4-13-32-25(36)23(5-2)33(17-18-11-12-21(27)22(28)15-18)24(35)10-7-14-34(39(3,37)38)20-9-6-8-19(16-20)26(29,30)31/h6,8-9,11-12,15-16,23H,4-5,7,10,13-14,17H2,1-3H3,(H,32,36)/t23-/m0/s1.